The second-order valence-corrected chi connectivity index (χ2v) is 7.56. The molecule has 0 radical (unpaired) electrons. The van der Waals surface area contributed by atoms with Gasteiger partial charge >= 0.3 is 5.97 Å². The van der Waals surface area contributed by atoms with Crippen LogP contribution in [0.3, 0.4) is 0 Å². The Hall–Kier alpha value is -2.95. The van der Waals surface area contributed by atoms with E-state index in [1.165, 1.54) is 6.07 Å². The molecule has 0 bridgehead atoms. The maximum Gasteiger partial charge on any atom is 0.316 e. The minimum Gasteiger partial charge on any atom is -0.507 e. The number of ether oxygens (including phenoxy) is 3. The van der Waals surface area contributed by atoms with Gasteiger partial charge in [-0.05, 0) is 39.0 Å². The second-order valence-electron chi connectivity index (χ2n) is 7.56. The predicted octanol–water partition coefficient (Wildman–Crippen LogP) is 4.76. The smallest absolute Gasteiger partial charge is 0.316 e. The van der Waals surface area contributed by atoms with E-state index in [9.17, 15) is 9.90 Å². The van der Waals surface area contributed by atoms with Crippen LogP contribution >= 0.6 is 0 Å². The number of fused-ring (bicyclic) bond motifs is 1. The maximum atomic E-state index is 12.0. The summed E-state index contributed by atoms with van der Waals surface area (Å²) in [4.78, 5) is 12.0. The van der Waals surface area contributed by atoms with E-state index >= 15 is 0 Å². The Morgan fingerprint density at radius 1 is 1.15 bits per heavy atom. The van der Waals surface area contributed by atoms with Crippen molar-refractivity contribution < 1.29 is 24.1 Å². The zero-order chi connectivity index (χ0) is 19.8. The summed E-state index contributed by atoms with van der Waals surface area (Å²) in [5, 5.41) is 10.5. The Morgan fingerprint density at radius 2 is 1.81 bits per heavy atom. The minimum absolute atomic E-state index is 0.00540. The summed E-state index contributed by atoms with van der Waals surface area (Å²) in [7, 11) is 1.60. The van der Waals surface area contributed by atoms with E-state index < -0.39 is 11.5 Å². The van der Waals surface area contributed by atoms with E-state index in [1.54, 1.807) is 46.1 Å². The van der Waals surface area contributed by atoms with E-state index in [0.29, 0.717) is 22.8 Å². The molecule has 1 heterocycles. The molecule has 0 saturated carbocycles. The van der Waals surface area contributed by atoms with Gasteiger partial charge < -0.3 is 19.3 Å². The number of carbonyl (C=O) groups is 1. The first-order chi connectivity index (χ1) is 12.7. The lowest BCUT2D eigenvalue weighted by Gasteiger charge is -2.19. The lowest BCUT2D eigenvalue weighted by Crippen LogP contribution is -2.25. The van der Waals surface area contributed by atoms with Crippen LogP contribution in [-0.4, -0.2) is 18.2 Å². The molecule has 5 heteroatoms. The van der Waals surface area contributed by atoms with Crippen molar-refractivity contribution in [2.75, 3.05) is 7.11 Å². The Balaban J connectivity index is 1.88. The Kier molecular flexibility index (Phi) is 4.87. The van der Waals surface area contributed by atoms with Crippen molar-refractivity contribution in [1.82, 2.24) is 0 Å². The molecule has 0 fully saturated rings. The molecule has 0 spiro atoms. The van der Waals surface area contributed by atoms with Crippen LogP contribution in [0, 0.1) is 5.41 Å². The number of aromatic hydroxyl groups is 1. The van der Waals surface area contributed by atoms with E-state index in [0.717, 1.165) is 5.56 Å². The van der Waals surface area contributed by atoms with Crippen molar-refractivity contribution in [3.05, 3.63) is 60.2 Å². The van der Waals surface area contributed by atoms with Gasteiger partial charge in [-0.2, -0.15) is 0 Å². The van der Waals surface area contributed by atoms with Crippen LogP contribution in [0.5, 0.6) is 23.0 Å². The Bertz CT molecular complexity index is 879. The SMILES string of the molecule is C=C[C@H]1c2ccc(OC)cc2O[C@@H]1c1ccc(OC(=O)C(C)(C)C)cc1O. The number of carbonyl (C=O) groups excluding carboxylic acids is 1. The molecule has 0 aromatic heterocycles. The number of esters is 1. The first-order valence-corrected chi connectivity index (χ1v) is 8.77. The first kappa shape index (κ1) is 18.8. The average molecular weight is 368 g/mol. The van der Waals surface area contributed by atoms with Crippen LogP contribution in [0.15, 0.2) is 49.1 Å². The highest BCUT2D eigenvalue weighted by molar-refractivity contribution is 5.78. The van der Waals surface area contributed by atoms with Gasteiger partial charge in [0.05, 0.1) is 12.5 Å². The molecule has 2 aromatic rings. The lowest BCUT2D eigenvalue weighted by molar-refractivity contribution is -0.142. The molecule has 1 N–H and O–H groups in total. The van der Waals surface area contributed by atoms with Gasteiger partial charge in [0, 0.05) is 29.2 Å². The standard InChI is InChI=1S/C22H24O5/c1-6-15-16-9-7-13(25-5)12-19(16)27-20(15)17-10-8-14(11-18(17)23)26-21(24)22(2,3)4/h6-12,15,20,23H,1H2,2-5H3/t15-,20-/m0/s1. The second kappa shape index (κ2) is 6.99. The van der Waals surface area contributed by atoms with Crippen molar-refractivity contribution >= 4 is 5.97 Å². The number of methoxy groups -OCH3 is 1. The van der Waals surface area contributed by atoms with Gasteiger partial charge in [-0.1, -0.05) is 12.1 Å². The lowest BCUT2D eigenvalue weighted by atomic mass is 9.90. The third kappa shape index (κ3) is 3.63. The Labute approximate surface area is 159 Å². The van der Waals surface area contributed by atoms with Crippen LogP contribution in [-0.2, 0) is 4.79 Å². The molecule has 0 unspecified atom stereocenters. The maximum absolute atomic E-state index is 12.0. The largest absolute Gasteiger partial charge is 0.507 e. The number of hydrogen-bond donors (Lipinski definition) is 1. The van der Waals surface area contributed by atoms with Gasteiger partial charge in [0.25, 0.3) is 0 Å². The van der Waals surface area contributed by atoms with Crippen LogP contribution in [0.4, 0.5) is 0 Å². The first-order valence-electron chi connectivity index (χ1n) is 8.77. The van der Waals surface area contributed by atoms with Crippen molar-refractivity contribution in [2.24, 2.45) is 5.41 Å². The molecule has 2 atom stereocenters. The zero-order valence-electron chi connectivity index (χ0n) is 16.0. The monoisotopic (exact) mass is 368 g/mol. The van der Waals surface area contributed by atoms with Crippen LogP contribution < -0.4 is 14.2 Å². The van der Waals surface area contributed by atoms with Gasteiger partial charge in [-0.3, -0.25) is 4.79 Å². The minimum atomic E-state index is -0.627. The topological polar surface area (TPSA) is 65.0 Å². The van der Waals surface area contributed by atoms with Gasteiger partial charge in [-0.25, -0.2) is 0 Å². The molecule has 0 amide bonds. The van der Waals surface area contributed by atoms with E-state index in [-0.39, 0.29) is 17.6 Å². The summed E-state index contributed by atoms with van der Waals surface area (Å²) < 4.78 is 16.7. The zero-order valence-corrected chi connectivity index (χ0v) is 16.0. The molecule has 0 aliphatic carbocycles. The van der Waals surface area contributed by atoms with Crippen molar-refractivity contribution in [1.29, 1.82) is 0 Å². The number of phenolic OH excluding ortho intramolecular Hbond substituents is 1. The fraction of sp³-hybridized carbons (Fsp3) is 0.318. The summed E-state index contributed by atoms with van der Waals surface area (Å²) in [6, 6.07) is 10.4. The summed E-state index contributed by atoms with van der Waals surface area (Å²) >= 11 is 0. The van der Waals surface area contributed by atoms with Crippen LogP contribution in [0.25, 0.3) is 0 Å². The Morgan fingerprint density at radius 3 is 2.41 bits per heavy atom. The van der Waals surface area contributed by atoms with Crippen molar-refractivity contribution in [3.8, 4) is 23.0 Å². The molecule has 1 aliphatic heterocycles. The third-order valence-corrected chi connectivity index (χ3v) is 4.55. The molecule has 3 rings (SSSR count). The molecule has 2 aromatic carbocycles. The van der Waals surface area contributed by atoms with Gasteiger partial charge in [0.2, 0.25) is 0 Å². The summed E-state index contributed by atoms with van der Waals surface area (Å²) in [6.45, 7) is 9.23. The fourth-order valence-corrected chi connectivity index (χ4v) is 2.99. The van der Waals surface area contributed by atoms with Gasteiger partial charge in [0.1, 0.15) is 29.1 Å². The van der Waals surface area contributed by atoms with Crippen molar-refractivity contribution in [3.63, 3.8) is 0 Å². The number of hydrogen-bond acceptors (Lipinski definition) is 5. The number of rotatable bonds is 4. The fourth-order valence-electron chi connectivity index (χ4n) is 2.99. The van der Waals surface area contributed by atoms with E-state index in [4.69, 9.17) is 14.2 Å². The quantitative estimate of drug-likeness (QED) is 0.479. The van der Waals surface area contributed by atoms with E-state index in [1.807, 2.05) is 18.2 Å². The highest BCUT2D eigenvalue weighted by Crippen LogP contribution is 2.49. The molecular formula is C22H24O5. The van der Waals surface area contributed by atoms with Gasteiger partial charge in [0.15, 0.2) is 0 Å². The molecular weight excluding hydrogens is 344 g/mol. The third-order valence-electron chi connectivity index (χ3n) is 4.55. The normalized spacial score (nSPS) is 18.4. The van der Waals surface area contributed by atoms with E-state index in [2.05, 4.69) is 6.58 Å². The number of phenols is 1. The molecule has 27 heavy (non-hydrogen) atoms. The predicted molar refractivity (Wildman–Crippen MR) is 102 cm³/mol. The molecule has 0 saturated heterocycles. The molecule has 5 nitrogen and oxygen atoms in total. The van der Waals surface area contributed by atoms with Crippen molar-refractivity contribution in [2.45, 2.75) is 32.8 Å². The van der Waals surface area contributed by atoms with Crippen LogP contribution in [0.2, 0.25) is 0 Å². The average Bonchev–Trinajstić information content (AvgIpc) is 2.98. The summed E-state index contributed by atoms with van der Waals surface area (Å²) in [5.74, 6) is 1.22. The summed E-state index contributed by atoms with van der Waals surface area (Å²) in [6.07, 6.45) is 1.38. The van der Waals surface area contributed by atoms with Crippen LogP contribution in [0.1, 0.15) is 43.9 Å². The number of benzene rings is 2. The highest BCUT2D eigenvalue weighted by Gasteiger charge is 2.35. The molecule has 1 aliphatic rings. The highest BCUT2D eigenvalue weighted by atomic mass is 16.5. The molecule has 142 valence electrons. The van der Waals surface area contributed by atoms with Gasteiger partial charge in [-0.15, -0.1) is 6.58 Å². The summed E-state index contributed by atoms with van der Waals surface area (Å²) in [5.41, 5.74) is 0.960.